The van der Waals surface area contributed by atoms with E-state index in [1.54, 1.807) is 37.3 Å². The van der Waals surface area contributed by atoms with E-state index < -0.39 is 5.97 Å². The number of ether oxygens (including phenoxy) is 1. The van der Waals surface area contributed by atoms with Gasteiger partial charge < -0.3 is 9.84 Å². The lowest BCUT2D eigenvalue weighted by Gasteiger charge is -1.92. The molecule has 0 aliphatic heterocycles. The molecule has 4 heteroatoms. The van der Waals surface area contributed by atoms with Gasteiger partial charge in [0.25, 0.3) is 0 Å². The monoisotopic (exact) mass is 280 g/mol. The summed E-state index contributed by atoms with van der Waals surface area (Å²) in [7, 11) is 0. The smallest absolute Gasteiger partial charge is 0.331 e. The van der Waals surface area contributed by atoms with Crippen molar-refractivity contribution in [2.75, 3.05) is 6.61 Å². The van der Waals surface area contributed by atoms with Gasteiger partial charge in [0.2, 0.25) is 0 Å². The van der Waals surface area contributed by atoms with Crippen LogP contribution in [0.4, 0.5) is 0 Å². The molecule has 0 unspecified atom stereocenters. The minimum Gasteiger partial charge on any atom is -0.478 e. The van der Waals surface area contributed by atoms with Gasteiger partial charge in [0.1, 0.15) is 0 Å². The molecule has 0 heterocycles. The third-order valence-electron chi connectivity index (χ3n) is 1.97. The van der Waals surface area contributed by atoms with Crippen LogP contribution in [0.5, 0.6) is 0 Å². The van der Waals surface area contributed by atoms with Crippen LogP contribution in [0.2, 0.25) is 0 Å². The molecule has 0 saturated heterocycles. The molecule has 0 bridgehead atoms. The fraction of sp³-hybridized carbons (Fsp3) is 0.375. The van der Waals surface area contributed by atoms with Gasteiger partial charge in [0.05, 0.1) is 6.61 Å². The highest BCUT2D eigenvalue weighted by Crippen LogP contribution is 1.99. The molecule has 20 heavy (non-hydrogen) atoms. The summed E-state index contributed by atoms with van der Waals surface area (Å²) in [5, 5.41) is 8.50. The number of allylic oxidation sites excluding steroid dienone is 6. The van der Waals surface area contributed by atoms with Gasteiger partial charge in [-0.25, -0.2) is 9.59 Å². The standard InChI is InChI=1S/2C8H12O2/c1-3-5-6-7-8(9)10-4-2;1-3-5-6-7(4-2)8(9)10/h3,5-7H,4H2,1-2H3;3,5-6H,4H2,1-2H3,(H,9,10)/b2*5-3+,7-6+. The number of carbonyl (C=O) groups excluding carboxylic acids is 1. The molecule has 0 fully saturated rings. The van der Waals surface area contributed by atoms with Gasteiger partial charge in [-0.15, -0.1) is 0 Å². The van der Waals surface area contributed by atoms with Crippen molar-refractivity contribution in [2.45, 2.75) is 34.1 Å². The van der Waals surface area contributed by atoms with Gasteiger partial charge in [-0.05, 0) is 27.2 Å². The summed E-state index contributed by atoms with van der Waals surface area (Å²) in [4.78, 5) is 20.9. The van der Waals surface area contributed by atoms with Crippen molar-refractivity contribution in [3.63, 3.8) is 0 Å². The van der Waals surface area contributed by atoms with Gasteiger partial charge in [0.15, 0.2) is 0 Å². The number of carbonyl (C=O) groups is 2. The van der Waals surface area contributed by atoms with Gasteiger partial charge in [0, 0.05) is 11.6 Å². The molecule has 0 amide bonds. The predicted molar refractivity (Wildman–Crippen MR) is 81.4 cm³/mol. The molecular formula is C16H24O4. The molecule has 0 aromatic carbocycles. The quantitative estimate of drug-likeness (QED) is 0.458. The van der Waals surface area contributed by atoms with E-state index in [1.807, 2.05) is 26.8 Å². The molecule has 0 spiro atoms. The summed E-state index contributed by atoms with van der Waals surface area (Å²) in [5.41, 5.74) is 0.443. The minimum atomic E-state index is -0.833. The highest BCUT2D eigenvalue weighted by atomic mass is 16.5. The number of carboxylic acids is 1. The molecule has 0 rings (SSSR count). The van der Waals surface area contributed by atoms with Crippen molar-refractivity contribution >= 4 is 11.9 Å². The van der Waals surface area contributed by atoms with Crippen molar-refractivity contribution in [1.29, 1.82) is 0 Å². The number of carboxylic acid groups (broad SMARTS) is 1. The number of aliphatic carboxylic acids is 1. The zero-order valence-corrected chi connectivity index (χ0v) is 12.6. The Kier molecular flexibility index (Phi) is 15.1. The van der Waals surface area contributed by atoms with E-state index in [9.17, 15) is 9.59 Å². The fourth-order valence-electron chi connectivity index (χ4n) is 0.988. The largest absolute Gasteiger partial charge is 0.478 e. The van der Waals surface area contributed by atoms with Crippen LogP contribution < -0.4 is 0 Å². The molecule has 1 N–H and O–H groups in total. The zero-order chi connectivity index (χ0) is 15.8. The average Bonchev–Trinajstić information content (AvgIpc) is 2.40. The van der Waals surface area contributed by atoms with E-state index >= 15 is 0 Å². The molecule has 0 aromatic heterocycles. The van der Waals surface area contributed by atoms with E-state index in [4.69, 9.17) is 5.11 Å². The lowest BCUT2D eigenvalue weighted by Crippen LogP contribution is -1.98. The first-order valence-electron chi connectivity index (χ1n) is 6.54. The van der Waals surface area contributed by atoms with Crippen LogP contribution in [0, 0.1) is 0 Å². The van der Waals surface area contributed by atoms with Crippen LogP contribution in [0.3, 0.4) is 0 Å². The maximum Gasteiger partial charge on any atom is 0.331 e. The first-order valence-corrected chi connectivity index (χ1v) is 6.54. The second kappa shape index (κ2) is 15.0. The Morgan fingerprint density at radius 2 is 1.65 bits per heavy atom. The molecule has 0 aliphatic carbocycles. The summed E-state index contributed by atoms with van der Waals surface area (Å²) >= 11 is 0. The van der Waals surface area contributed by atoms with Crippen molar-refractivity contribution < 1.29 is 19.4 Å². The number of esters is 1. The lowest BCUT2D eigenvalue weighted by atomic mass is 10.2. The maximum absolute atomic E-state index is 10.6. The lowest BCUT2D eigenvalue weighted by molar-refractivity contribution is -0.137. The number of rotatable bonds is 6. The molecule has 4 nitrogen and oxygen atoms in total. The number of hydrogen-bond acceptors (Lipinski definition) is 3. The summed E-state index contributed by atoms with van der Waals surface area (Å²) in [5.74, 6) is -1.12. The SMILES string of the molecule is C/C=C/C=C(\CC)C(=O)O.C/C=C/C=C/C(=O)OCC. The predicted octanol–water partition coefficient (Wildman–Crippen LogP) is 3.67. The van der Waals surface area contributed by atoms with Crippen LogP contribution in [-0.2, 0) is 14.3 Å². The van der Waals surface area contributed by atoms with Crippen LogP contribution in [-0.4, -0.2) is 23.7 Å². The first kappa shape index (κ1) is 20.2. The van der Waals surface area contributed by atoms with Crippen LogP contribution in [0.1, 0.15) is 34.1 Å². The molecular weight excluding hydrogens is 256 g/mol. The third-order valence-corrected chi connectivity index (χ3v) is 1.97. The van der Waals surface area contributed by atoms with E-state index in [1.165, 1.54) is 6.08 Å². The minimum absolute atomic E-state index is 0.291. The highest BCUT2D eigenvalue weighted by Gasteiger charge is 2.00. The van der Waals surface area contributed by atoms with Crippen molar-refractivity contribution in [3.8, 4) is 0 Å². The van der Waals surface area contributed by atoms with Crippen molar-refractivity contribution in [1.82, 2.24) is 0 Å². The second-order valence-corrected chi connectivity index (χ2v) is 3.51. The Balaban J connectivity index is 0. The van der Waals surface area contributed by atoms with Gasteiger partial charge in [-0.2, -0.15) is 0 Å². The maximum atomic E-state index is 10.6. The van der Waals surface area contributed by atoms with Gasteiger partial charge in [-0.1, -0.05) is 43.4 Å². The van der Waals surface area contributed by atoms with Gasteiger partial charge in [-0.3, -0.25) is 0 Å². The second-order valence-electron chi connectivity index (χ2n) is 3.51. The van der Waals surface area contributed by atoms with E-state index in [2.05, 4.69) is 4.74 Å². The normalized spacial score (nSPS) is 11.7. The zero-order valence-electron chi connectivity index (χ0n) is 12.6. The van der Waals surface area contributed by atoms with Crippen LogP contribution in [0.15, 0.2) is 48.1 Å². The first-order chi connectivity index (χ1) is 9.53. The number of hydrogen-bond donors (Lipinski definition) is 1. The molecule has 0 atom stereocenters. The molecule has 112 valence electrons. The van der Waals surface area contributed by atoms with Crippen molar-refractivity contribution in [2.24, 2.45) is 0 Å². The Bertz CT molecular complexity index is 385. The summed E-state index contributed by atoms with van der Waals surface area (Å²) in [6, 6.07) is 0. The Labute approximate surface area is 121 Å². The summed E-state index contributed by atoms with van der Waals surface area (Å²) < 4.78 is 4.63. The van der Waals surface area contributed by atoms with E-state index in [-0.39, 0.29) is 5.97 Å². The third kappa shape index (κ3) is 14.0. The average molecular weight is 280 g/mol. The Morgan fingerprint density at radius 3 is 2.05 bits per heavy atom. The van der Waals surface area contributed by atoms with Crippen LogP contribution in [0.25, 0.3) is 0 Å². The molecule has 0 aromatic rings. The highest BCUT2D eigenvalue weighted by molar-refractivity contribution is 5.86. The molecule has 0 saturated carbocycles. The van der Waals surface area contributed by atoms with Crippen LogP contribution >= 0.6 is 0 Å². The van der Waals surface area contributed by atoms with Crippen molar-refractivity contribution in [3.05, 3.63) is 48.1 Å². The summed E-state index contributed by atoms with van der Waals surface area (Å²) in [6.45, 7) is 7.77. The molecule has 0 radical (unpaired) electrons. The van der Waals surface area contributed by atoms with E-state index in [0.717, 1.165) is 0 Å². The topological polar surface area (TPSA) is 63.6 Å². The Hall–Kier alpha value is -2.10. The fourth-order valence-corrected chi connectivity index (χ4v) is 0.988. The summed E-state index contributed by atoms with van der Waals surface area (Å²) in [6.07, 6.45) is 12.4. The Morgan fingerprint density at radius 1 is 1.05 bits per heavy atom. The van der Waals surface area contributed by atoms with Gasteiger partial charge >= 0.3 is 11.9 Å². The van der Waals surface area contributed by atoms with E-state index in [0.29, 0.717) is 18.6 Å². The molecule has 0 aliphatic rings.